The Bertz CT molecular complexity index is 908. The molecular formula is C23H34N2O4S. The van der Waals surface area contributed by atoms with E-state index in [1.165, 1.54) is 0 Å². The molecule has 0 aromatic heterocycles. The molecule has 3 unspecified atom stereocenters. The predicted molar refractivity (Wildman–Crippen MR) is 117 cm³/mol. The van der Waals surface area contributed by atoms with Crippen molar-refractivity contribution in [2.75, 3.05) is 38.6 Å². The van der Waals surface area contributed by atoms with Gasteiger partial charge in [-0.05, 0) is 36.7 Å². The van der Waals surface area contributed by atoms with E-state index in [2.05, 4.69) is 35.6 Å². The van der Waals surface area contributed by atoms with Crippen molar-refractivity contribution in [2.45, 2.75) is 46.1 Å². The molecule has 1 aromatic carbocycles. The summed E-state index contributed by atoms with van der Waals surface area (Å²) in [7, 11) is -3.59. The molecule has 166 valence electrons. The zero-order chi connectivity index (χ0) is 21.6. The number of ether oxygens (including phenoxy) is 1. The number of nitrogens with zero attached hydrogens (tertiary/aromatic N) is 1. The van der Waals surface area contributed by atoms with Gasteiger partial charge in [0.05, 0.1) is 19.0 Å². The first-order chi connectivity index (χ1) is 14.1. The number of Topliss-reactive ketones (excluding diaryl/α,β-unsaturated/α-hetero) is 1. The third-order valence-electron chi connectivity index (χ3n) is 7.99. The fourth-order valence-electron chi connectivity index (χ4n) is 5.91. The van der Waals surface area contributed by atoms with Gasteiger partial charge in [0.2, 0.25) is 10.0 Å². The molecule has 2 bridgehead atoms. The van der Waals surface area contributed by atoms with E-state index in [-0.39, 0.29) is 23.0 Å². The second kappa shape index (κ2) is 8.01. The summed E-state index contributed by atoms with van der Waals surface area (Å²) in [6.07, 6.45) is 2.17. The average Bonchev–Trinajstić information content (AvgIpc) is 3.03. The van der Waals surface area contributed by atoms with E-state index in [0.717, 1.165) is 30.6 Å². The second-order valence-electron chi connectivity index (χ2n) is 9.85. The highest BCUT2D eigenvalue weighted by Gasteiger charge is 2.65. The van der Waals surface area contributed by atoms with Gasteiger partial charge in [-0.15, -0.1) is 0 Å². The zero-order valence-corrected chi connectivity index (χ0v) is 19.1. The van der Waals surface area contributed by atoms with E-state index in [0.29, 0.717) is 38.5 Å². The number of hydrogen-bond donors (Lipinski definition) is 1. The summed E-state index contributed by atoms with van der Waals surface area (Å²) >= 11 is 0. The fourth-order valence-corrected chi connectivity index (χ4v) is 7.75. The van der Waals surface area contributed by atoms with Gasteiger partial charge in [-0.1, -0.05) is 43.7 Å². The number of rotatable bonds is 7. The molecule has 2 aliphatic carbocycles. The van der Waals surface area contributed by atoms with E-state index >= 15 is 0 Å². The van der Waals surface area contributed by atoms with Gasteiger partial charge in [-0.2, -0.15) is 0 Å². The molecule has 1 N–H and O–H groups in total. The molecule has 0 spiro atoms. The van der Waals surface area contributed by atoms with Crippen LogP contribution < -0.4 is 4.72 Å². The van der Waals surface area contributed by atoms with Crippen LogP contribution in [0.4, 0.5) is 0 Å². The van der Waals surface area contributed by atoms with Crippen LogP contribution >= 0.6 is 0 Å². The number of nitrogens with one attached hydrogen (secondary N) is 1. The molecule has 4 rings (SSSR count). The lowest BCUT2D eigenvalue weighted by Gasteiger charge is -2.37. The maximum atomic E-state index is 13.2. The number of fused-ring (bicyclic) bond motifs is 2. The number of morpholine rings is 1. The van der Waals surface area contributed by atoms with Crippen molar-refractivity contribution in [2.24, 2.45) is 16.7 Å². The maximum Gasteiger partial charge on any atom is 0.212 e. The van der Waals surface area contributed by atoms with E-state index in [1.54, 1.807) is 0 Å². The number of carbonyl (C=O) groups is 1. The number of benzene rings is 1. The first-order valence-electron chi connectivity index (χ1n) is 11.0. The quantitative estimate of drug-likeness (QED) is 0.714. The molecule has 3 aliphatic rings. The van der Waals surface area contributed by atoms with Crippen LogP contribution in [-0.2, 0) is 19.6 Å². The van der Waals surface area contributed by atoms with Gasteiger partial charge in [0, 0.05) is 37.5 Å². The van der Waals surface area contributed by atoms with E-state index < -0.39 is 15.4 Å². The van der Waals surface area contributed by atoms with Crippen molar-refractivity contribution in [1.29, 1.82) is 0 Å². The minimum atomic E-state index is -3.59. The summed E-state index contributed by atoms with van der Waals surface area (Å²) in [5.41, 5.74) is 1.28. The van der Waals surface area contributed by atoms with Crippen LogP contribution in [0.2, 0.25) is 0 Å². The van der Waals surface area contributed by atoms with Crippen molar-refractivity contribution < 1.29 is 17.9 Å². The molecule has 1 aromatic rings. The number of ketones is 1. The van der Waals surface area contributed by atoms with Gasteiger partial charge in [-0.25, -0.2) is 13.1 Å². The molecule has 3 fully saturated rings. The van der Waals surface area contributed by atoms with Crippen LogP contribution in [0.15, 0.2) is 24.3 Å². The van der Waals surface area contributed by atoms with Crippen molar-refractivity contribution in [1.82, 2.24) is 9.62 Å². The summed E-state index contributed by atoms with van der Waals surface area (Å²) in [5.74, 6) is 0.359. The Morgan fingerprint density at radius 2 is 2.00 bits per heavy atom. The standard InChI is InChI=1S/C23H34N2O4S/c1-17-5-4-6-18(13-17)20(25-9-11-29-12-10-25)15-24-30(27,28)16-23-8-7-19(14-21(23)26)22(23,2)3/h4-6,13,19-20,24H,7-12,14-16H2,1-3H3. The average molecular weight is 435 g/mol. The Morgan fingerprint density at radius 3 is 2.60 bits per heavy atom. The van der Waals surface area contributed by atoms with Crippen molar-refractivity contribution in [3.63, 3.8) is 0 Å². The van der Waals surface area contributed by atoms with E-state index in [9.17, 15) is 13.2 Å². The highest BCUT2D eigenvalue weighted by atomic mass is 32.2. The fraction of sp³-hybridized carbons (Fsp3) is 0.696. The normalized spacial score (nSPS) is 30.0. The SMILES string of the molecule is Cc1cccc(C(CNS(=O)(=O)CC23CCC(CC2=O)C3(C)C)N2CCOCC2)c1. The Kier molecular flexibility index (Phi) is 5.85. The molecule has 1 heterocycles. The lowest BCUT2D eigenvalue weighted by molar-refractivity contribution is -0.128. The highest BCUT2D eigenvalue weighted by molar-refractivity contribution is 7.89. The summed E-state index contributed by atoms with van der Waals surface area (Å²) in [4.78, 5) is 15.1. The topological polar surface area (TPSA) is 75.7 Å². The Morgan fingerprint density at radius 1 is 1.27 bits per heavy atom. The molecule has 1 saturated heterocycles. The van der Waals surface area contributed by atoms with Crippen molar-refractivity contribution in [3.05, 3.63) is 35.4 Å². The smallest absolute Gasteiger partial charge is 0.212 e. The Balaban J connectivity index is 1.52. The van der Waals surface area contributed by atoms with Crippen molar-refractivity contribution in [3.8, 4) is 0 Å². The van der Waals surface area contributed by atoms with Gasteiger partial charge in [0.15, 0.2) is 0 Å². The minimum Gasteiger partial charge on any atom is -0.379 e. The van der Waals surface area contributed by atoms with Crippen LogP contribution in [0.25, 0.3) is 0 Å². The number of aryl methyl sites for hydroxylation is 1. The molecule has 7 heteroatoms. The maximum absolute atomic E-state index is 13.2. The van der Waals surface area contributed by atoms with E-state index in [4.69, 9.17) is 4.74 Å². The van der Waals surface area contributed by atoms with Gasteiger partial charge in [-0.3, -0.25) is 9.69 Å². The summed E-state index contributed by atoms with van der Waals surface area (Å²) in [5, 5.41) is 0. The summed E-state index contributed by atoms with van der Waals surface area (Å²) in [6.45, 7) is 9.37. The molecule has 6 nitrogen and oxygen atoms in total. The van der Waals surface area contributed by atoms with E-state index in [1.807, 2.05) is 19.1 Å². The lowest BCUT2D eigenvalue weighted by Crippen LogP contribution is -2.48. The first-order valence-corrected chi connectivity index (χ1v) is 12.7. The van der Waals surface area contributed by atoms with Gasteiger partial charge in [0.25, 0.3) is 0 Å². The van der Waals surface area contributed by atoms with Gasteiger partial charge in [0.1, 0.15) is 5.78 Å². The minimum absolute atomic E-state index is 0.0512. The monoisotopic (exact) mass is 434 g/mol. The molecular weight excluding hydrogens is 400 g/mol. The van der Waals surface area contributed by atoms with Crippen LogP contribution in [0, 0.1) is 23.7 Å². The molecule has 1 aliphatic heterocycles. The largest absolute Gasteiger partial charge is 0.379 e. The molecule has 2 saturated carbocycles. The van der Waals surface area contributed by atoms with Crippen molar-refractivity contribution >= 4 is 15.8 Å². The summed E-state index contributed by atoms with van der Waals surface area (Å²) in [6, 6.07) is 8.20. The Labute approximate surface area is 180 Å². The number of carbonyl (C=O) groups excluding carboxylic acids is 1. The Hall–Kier alpha value is -1.28. The molecule has 0 amide bonds. The van der Waals surface area contributed by atoms with Crippen LogP contribution in [0.5, 0.6) is 0 Å². The number of hydrogen-bond acceptors (Lipinski definition) is 5. The second-order valence-corrected chi connectivity index (χ2v) is 11.7. The molecule has 30 heavy (non-hydrogen) atoms. The van der Waals surface area contributed by atoms with Crippen LogP contribution in [-0.4, -0.2) is 57.7 Å². The first kappa shape index (κ1) is 21.9. The molecule has 3 atom stereocenters. The zero-order valence-electron chi connectivity index (χ0n) is 18.3. The highest BCUT2D eigenvalue weighted by Crippen LogP contribution is 2.64. The third-order valence-corrected chi connectivity index (χ3v) is 9.46. The van der Waals surface area contributed by atoms with Crippen LogP contribution in [0.1, 0.15) is 50.3 Å². The summed E-state index contributed by atoms with van der Waals surface area (Å²) < 4.78 is 34.7. The third kappa shape index (κ3) is 3.85. The number of sulfonamides is 1. The molecule has 0 radical (unpaired) electrons. The van der Waals surface area contributed by atoms with Gasteiger partial charge >= 0.3 is 0 Å². The lowest BCUT2D eigenvalue weighted by atomic mass is 9.70. The predicted octanol–water partition coefficient (Wildman–Crippen LogP) is 2.68. The van der Waals surface area contributed by atoms with Crippen LogP contribution in [0.3, 0.4) is 0 Å². The van der Waals surface area contributed by atoms with Gasteiger partial charge < -0.3 is 4.74 Å².